The van der Waals surface area contributed by atoms with Gasteiger partial charge in [-0.15, -0.1) is 0 Å². The lowest BCUT2D eigenvalue weighted by molar-refractivity contribution is -0.139. The fourth-order valence-electron chi connectivity index (χ4n) is 3.26. The number of hydrogen-bond donors (Lipinski definition) is 1. The van der Waals surface area contributed by atoms with E-state index in [1.165, 1.54) is 0 Å². The number of hydrogen-bond acceptors (Lipinski definition) is 3. The second kappa shape index (κ2) is 8.31. The summed E-state index contributed by atoms with van der Waals surface area (Å²) in [5, 5.41) is 10.4. The molecule has 0 saturated carbocycles. The number of benzene rings is 2. The van der Waals surface area contributed by atoms with Crippen LogP contribution in [0.15, 0.2) is 54.6 Å². The predicted octanol–water partition coefficient (Wildman–Crippen LogP) is 5.74. The molecule has 0 spiro atoms. The number of carboxylic acid groups (broad SMARTS) is 1. The summed E-state index contributed by atoms with van der Waals surface area (Å²) >= 11 is 6.34. The van der Waals surface area contributed by atoms with Gasteiger partial charge in [-0.3, -0.25) is 4.79 Å². The van der Waals surface area contributed by atoms with Crippen LogP contribution in [0.25, 0.3) is 22.6 Å². The van der Waals surface area contributed by atoms with Crippen LogP contribution in [0.5, 0.6) is 0 Å². The number of rotatable bonds is 6. The van der Waals surface area contributed by atoms with Crippen LogP contribution >= 0.6 is 11.6 Å². The molecule has 5 heteroatoms. The zero-order valence-corrected chi connectivity index (χ0v) is 16.1. The van der Waals surface area contributed by atoms with Crippen molar-refractivity contribution in [2.24, 2.45) is 0 Å². The summed E-state index contributed by atoms with van der Waals surface area (Å²) in [6.07, 6.45) is 1.29. The van der Waals surface area contributed by atoms with Crippen molar-refractivity contribution in [3.63, 3.8) is 0 Å². The Kier molecular flexibility index (Phi) is 5.87. The van der Waals surface area contributed by atoms with Gasteiger partial charge in [-0.2, -0.15) is 0 Å². The third-order valence-corrected chi connectivity index (χ3v) is 4.85. The molecule has 0 fully saturated rings. The van der Waals surface area contributed by atoms with E-state index >= 15 is 0 Å². The minimum atomic E-state index is -0.855. The molecule has 4 nitrogen and oxygen atoms in total. The molecule has 0 aliphatic rings. The largest absolute Gasteiger partial charge is 0.481 e. The molecule has 0 saturated heterocycles. The van der Waals surface area contributed by atoms with E-state index in [9.17, 15) is 9.90 Å². The number of aryl methyl sites for hydroxylation is 1. The van der Waals surface area contributed by atoms with Gasteiger partial charge >= 0.3 is 5.97 Å². The highest BCUT2D eigenvalue weighted by atomic mass is 35.5. The van der Waals surface area contributed by atoms with Crippen LogP contribution in [0.3, 0.4) is 0 Å². The molecule has 0 amide bonds. The van der Waals surface area contributed by atoms with Crippen LogP contribution in [-0.2, 0) is 4.79 Å². The molecule has 3 rings (SSSR count). The van der Waals surface area contributed by atoms with Crippen molar-refractivity contribution in [3.05, 3.63) is 70.9 Å². The molecule has 0 aliphatic carbocycles. The van der Waals surface area contributed by atoms with Crippen molar-refractivity contribution in [2.45, 2.75) is 32.6 Å². The van der Waals surface area contributed by atoms with Gasteiger partial charge in [0.05, 0.1) is 16.6 Å². The lowest BCUT2D eigenvalue weighted by Gasteiger charge is -2.19. The second-order valence-corrected chi connectivity index (χ2v) is 6.83. The number of carbonyl (C=O) groups is 1. The number of aromatic nitrogens is 2. The Morgan fingerprint density at radius 2 is 1.74 bits per heavy atom. The number of aliphatic carboxylic acids is 1. The van der Waals surface area contributed by atoms with Crippen LogP contribution in [0, 0.1) is 6.92 Å². The highest BCUT2D eigenvalue weighted by Gasteiger charge is 2.27. The maximum Gasteiger partial charge on any atom is 0.311 e. The fraction of sp³-hybridized carbons (Fsp3) is 0.227. The van der Waals surface area contributed by atoms with E-state index in [0.717, 1.165) is 17.5 Å². The Morgan fingerprint density at radius 3 is 2.37 bits per heavy atom. The minimum absolute atomic E-state index is 0.501. The first-order valence-corrected chi connectivity index (χ1v) is 9.32. The average molecular weight is 381 g/mol. The smallest absolute Gasteiger partial charge is 0.311 e. The topological polar surface area (TPSA) is 63.1 Å². The normalized spacial score (nSPS) is 12.0. The highest BCUT2D eigenvalue weighted by molar-refractivity contribution is 6.33. The number of carboxylic acids is 1. The summed E-state index contributed by atoms with van der Waals surface area (Å²) in [6, 6.07) is 17.0. The van der Waals surface area contributed by atoms with E-state index in [1.807, 2.05) is 62.4 Å². The first-order valence-electron chi connectivity index (χ1n) is 8.94. The molecule has 1 N–H and O–H groups in total. The van der Waals surface area contributed by atoms with Gasteiger partial charge in [0.1, 0.15) is 0 Å². The quantitative estimate of drug-likeness (QED) is 0.592. The van der Waals surface area contributed by atoms with Crippen molar-refractivity contribution in [1.82, 2.24) is 9.97 Å². The van der Waals surface area contributed by atoms with Crippen LogP contribution in [0.2, 0.25) is 5.02 Å². The molecule has 1 unspecified atom stereocenters. The Bertz CT molecular complexity index is 958. The monoisotopic (exact) mass is 380 g/mol. The Labute approximate surface area is 163 Å². The molecular formula is C22H21ClN2O2. The molecular weight excluding hydrogens is 360 g/mol. The van der Waals surface area contributed by atoms with Crippen molar-refractivity contribution < 1.29 is 9.90 Å². The summed E-state index contributed by atoms with van der Waals surface area (Å²) in [7, 11) is 0. The number of halogens is 1. The van der Waals surface area contributed by atoms with Crippen molar-refractivity contribution in [3.8, 4) is 22.6 Å². The first kappa shape index (κ1) is 19.1. The van der Waals surface area contributed by atoms with E-state index in [0.29, 0.717) is 34.2 Å². The standard InChI is InChI=1S/C22H21ClN2O2/c1-3-9-17(22(26)27)19-14(2)24-21(16-12-7-8-13-18(16)23)25-20(19)15-10-5-4-6-11-15/h4-8,10-13,17H,3,9H2,1-2H3,(H,26,27). The predicted molar refractivity (Wildman–Crippen MR) is 108 cm³/mol. The molecule has 1 atom stereocenters. The number of nitrogens with zero attached hydrogens (tertiary/aromatic N) is 2. The van der Waals surface area contributed by atoms with Gasteiger partial charge in [0.15, 0.2) is 5.82 Å². The van der Waals surface area contributed by atoms with E-state index in [-0.39, 0.29) is 0 Å². The van der Waals surface area contributed by atoms with Crippen LogP contribution in [0.4, 0.5) is 0 Å². The van der Waals surface area contributed by atoms with Gasteiger partial charge in [0.25, 0.3) is 0 Å². The van der Waals surface area contributed by atoms with E-state index < -0.39 is 11.9 Å². The summed E-state index contributed by atoms with van der Waals surface area (Å²) in [6.45, 7) is 3.82. The Hall–Kier alpha value is -2.72. The Balaban J connectivity index is 2.28. The van der Waals surface area contributed by atoms with Crippen molar-refractivity contribution >= 4 is 17.6 Å². The summed E-state index contributed by atoms with van der Waals surface area (Å²) in [4.78, 5) is 21.3. The van der Waals surface area contributed by atoms with Crippen molar-refractivity contribution in [2.75, 3.05) is 0 Å². The van der Waals surface area contributed by atoms with Gasteiger partial charge in [-0.1, -0.05) is 67.4 Å². The third-order valence-electron chi connectivity index (χ3n) is 4.52. The maximum atomic E-state index is 12.0. The van der Waals surface area contributed by atoms with Crippen LogP contribution in [-0.4, -0.2) is 21.0 Å². The second-order valence-electron chi connectivity index (χ2n) is 6.42. The zero-order valence-electron chi connectivity index (χ0n) is 15.3. The molecule has 2 aromatic carbocycles. The Morgan fingerprint density at radius 1 is 1.07 bits per heavy atom. The van der Waals surface area contributed by atoms with Crippen LogP contribution in [0.1, 0.15) is 36.9 Å². The minimum Gasteiger partial charge on any atom is -0.481 e. The molecule has 1 heterocycles. The molecule has 138 valence electrons. The van der Waals surface area contributed by atoms with Gasteiger partial charge in [-0.05, 0) is 25.5 Å². The third kappa shape index (κ3) is 4.01. The lowest BCUT2D eigenvalue weighted by atomic mass is 9.89. The van der Waals surface area contributed by atoms with Crippen LogP contribution < -0.4 is 0 Å². The summed E-state index contributed by atoms with van der Waals surface area (Å²) in [5.41, 5.74) is 3.59. The highest BCUT2D eigenvalue weighted by Crippen LogP contribution is 2.35. The first-order chi connectivity index (χ1) is 13.0. The molecule has 3 aromatic rings. The molecule has 0 radical (unpaired) electrons. The summed E-state index contributed by atoms with van der Waals surface area (Å²) < 4.78 is 0. The molecule has 0 bridgehead atoms. The average Bonchev–Trinajstić information content (AvgIpc) is 2.67. The van der Waals surface area contributed by atoms with Gasteiger partial charge in [0.2, 0.25) is 0 Å². The van der Waals surface area contributed by atoms with Gasteiger partial charge < -0.3 is 5.11 Å². The van der Waals surface area contributed by atoms with Crippen molar-refractivity contribution in [1.29, 1.82) is 0 Å². The maximum absolute atomic E-state index is 12.0. The van der Waals surface area contributed by atoms with Gasteiger partial charge in [0, 0.05) is 22.4 Å². The van der Waals surface area contributed by atoms with Gasteiger partial charge in [-0.25, -0.2) is 9.97 Å². The van der Waals surface area contributed by atoms with E-state index in [4.69, 9.17) is 16.6 Å². The lowest BCUT2D eigenvalue weighted by Crippen LogP contribution is -2.16. The summed E-state index contributed by atoms with van der Waals surface area (Å²) in [5.74, 6) is -1.00. The molecule has 1 aromatic heterocycles. The fourth-order valence-corrected chi connectivity index (χ4v) is 3.48. The van der Waals surface area contributed by atoms with E-state index in [2.05, 4.69) is 4.98 Å². The molecule has 0 aliphatic heterocycles. The zero-order chi connectivity index (χ0) is 19.4. The SMILES string of the molecule is CCCC(C(=O)O)c1c(C)nc(-c2ccccc2Cl)nc1-c1ccccc1. The molecule has 27 heavy (non-hydrogen) atoms. The van der Waals surface area contributed by atoms with E-state index in [1.54, 1.807) is 6.07 Å².